The molecule has 15 nitrogen and oxygen atoms in total. The highest BCUT2D eigenvalue weighted by atomic mass is 32.1. The number of thiazole rings is 1. The van der Waals surface area contributed by atoms with E-state index in [1.54, 1.807) is 5.38 Å². The Bertz CT molecular complexity index is 1140. The molecule has 1 saturated heterocycles. The van der Waals surface area contributed by atoms with Crippen LogP contribution in [0.5, 0.6) is 0 Å². The minimum absolute atomic E-state index is 0.0123. The highest BCUT2D eigenvalue weighted by Crippen LogP contribution is 2.34. The SMILES string of the molecule is CC(=O)OC[C@H]1O[C@@H](n2cc(CNC(=O)c3cscn3)nn2)[C@H](OC(C)=O)[C@@H](OC(C)=O)[C@@H]1OC(C)=O. The Balaban J connectivity index is 1.90. The zero-order valence-electron chi connectivity index (χ0n) is 20.3. The molecule has 200 valence electrons. The van der Waals surface area contributed by atoms with Crippen LogP contribution in [0.1, 0.15) is 50.1 Å². The first-order valence-corrected chi connectivity index (χ1v) is 11.9. The van der Waals surface area contributed by atoms with Crippen molar-refractivity contribution in [3.8, 4) is 0 Å². The number of nitrogens with one attached hydrogen (secondary N) is 1. The summed E-state index contributed by atoms with van der Waals surface area (Å²) in [5.74, 6) is -3.28. The van der Waals surface area contributed by atoms with Gasteiger partial charge in [0.25, 0.3) is 5.91 Å². The molecule has 3 rings (SSSR count). The Hall–Kier alpha value is -3.92. The highest BCUT2D eigenvalue weighted by Gasteiger charge is 2.53. The molecular weight excluding hydrogens is 514 g/mol. The second-order valence-corrected chi connectivity index (χ2v) is 8.55. The standard InChI is InChI=1S/C21H25N5O10S/c1-10(27)32-7-16-17(33-11(2)28)18(34-12(3)29)19(35-13(4)30)21(36-16)26-6-14(24-25-26)5-22-20(31)15-8-37-9-23-15/h6,8-9,16-19,21H,5,7H2,1-4H3,(H,22,31)/t16-,17-,18+,19-,21-/m1/s1. The monoisotopic (exact) mass is 539 g/mol. The molecule has 5 atom stereocenters. The molecule has 3 heterocycles. The highest BCUT2D eigenvalue weighted by molar-refractivity contribution is 7.07. The molecule has 0 aliphatic carbocycles. The van der Waals surface area contributed by atoms with Crippen LogP contribution >= 0.6 is 11.3 Å². The number of amides is 1. The average Bonchev–Trinajstić information content (AvgIpc) is 3.50. The number of nitrogens with zero attached hydrogens (tertiary/aromatic N) is 4. The largest absolute Gasteiger partial charge is 0.463 e. The third-order valence-electron chi connectivity index (χ3n) is 4.88. The van der Waals surface area contributed by atoms with E-state index in [2.05, 4.69) is 20.6 Å². The predicted molar refractivity (Wildman–Crippen MR) is 121 cm³/mol. The van der Waals surface area contributed by atoms with Gasteiger partial charge in [0.2, 0.25) is 0 Å². The maximum atomic E-state index is 12.2. The summed E-state index contributed by atoms with van der Waals surface area (Å²) in [7, 11) is 0. The minimum atomic E-state index is -1.35. The molecule has 0 bridgehead atoms. The summed E-state index contributed by atoms with van der Waals surface area (Å²) >= 11 is 1.27. The molecule has 2 aromatic rings. The number of esters is 4. The summed E-state index contributed by atoms with van der Waals surface area (Å²) < 4.78 is 28.4. The van der Waals surface area contributed by atoms with Crippen LogP contribution in [0.3, 0.4) is 0 Å². The van der Waals surface area contributed by atoms with E-state index in [4.69, 9.17) is 23.7 Å². The summed E-state index contributed by atoms with van der Waals surface area (Å²) in [5, 5.41) is 12.2. The number of carbonyl (C=O) groups is 5. The molecule has 1 N–H and O–H groups in total. The topological polar surface area (TPSA) is 187 Å². The molecule has 0 saturated carbocycles. The van der Waals surface area contributed by atoms with Gasteiger partial charge in [0.05, 0.1) is 18.3 Å². The Morgan fingerprint density at radius 2 is 1.62 bits per heavy atom. The number of rotatable bonds is 9. The van der Waals surface area contributed by atoms with Crippen molar-refractivity contribution in [2.45, 2.75) is 64.9 Å². The van der Waals surface area contributed by atoms with Crippen LogP contribution in [0.25, 0.3) is 0 Å². The van der Waals surface area contributed by atoms with Crippen molar-refractivity contribution in [1.29, 1.82) is 0 Å². The molecular formula is C21H25N5O10S. The lowest BCUT2D eigenvalue weighted by molar-refractivity contribution is -0.270. The van der Waals surface area contributed by atoms with Crippen molar-refractivity contribution in [1.82, 2.24) is 25.3 Å². The lowest BCUT2D eigenvalue weighted by atomic mass is 9.97. The fourth-order valence-corrected chi connectivity index (χ4v) is 4.06. The van der Waals surface area contributed by atoms with Gasteiger partial charge in [-0.1, -0.05) is 5.21 Å². The van der Waals surface area contributed by atoms with Crippen LogP contribution in [0.15, 0.2) is 17.1 Å². The Morgan fingerprint density at radius 3 is 2.22 bits per heavy atom. The fraction of sp³-hybridized carbons (Fsp3) is 0.524. The van der Waals surface area contributed by atoms with E-state index in [1.165, 1.54) is 34.6 Å². The Labute approximate surface area is 214 Å². The zero-order chi connectivity index (χ0) is 27.1. The maximum Gasteiger partial charge on any atom is 0.303 e. The quantitative estimate of drug-likeness (QED) is 0.329. The minimum Gasteiger partial charge on any atom is -0.463 e. The predicted octanol–water partition coefficient (Wildman–Crippen LogP) is -0.0798. The molecule has 1 amide bonds. The van der Waals surface area contributed by atoms with Gasteiger partial charge in [-0.15, -0.1) is 16.4 Å². The molecule has 1 aliphatic heterocycles. The zero-order valence-corrected chi connectivity index (χ0v) is 21.1. The van der Waals surface area contributed by atoms with Crippen molar-refractivity contribution >= 4 is 41.1 Å². The van der Waals surface area contributed by atoms with Gasteiger partial charge in [-0.25, -0.2) is 9.67 Å². The van der Waals surface area contributed by atoms with Crippen molar-refractivity contribution in [3.63, 3.8) is 0 Å². The smallest absolute Gasteiger partial charge is 0.303 e. The van der Waals surface area contributed by atoms with E-state index in [-0.39, 0.29) is 18.8 Å². The molecule has 0 radical (unpaired) electrons. The number of carbonyl (C=O) groups excluding carboxylic acids is 5. The number of hydrogen-bond acceptors (Lipinski definition) is 14. The van der Waals surface area contributed by atoms with Gasteiger partial charge in [0, 0.05) is 33.1 Å². The van der Waals surface area contributed by atoms with Crippen LogP contribution < -0.4 is 5.32 Å². The van der Waals surface area contributed by atoms with E-state index in [0.717, 1.165) is 20.8 Å². The summed E-state index contributed by atoms with van der Waals surface area (Å²) in [4.78, 5) is 63.2. The Morgan fingerprint density at radius 1 is 0.973 bits per heavy atom. The maximum absolute atomic E-state index is 12.2. The van der Waals surface area contributed by atoms with Crippen LogP contribution in [-0.2, 0) is 49.4 Å². The van der Waals surface area contributed by atoms with Gasteiger partial charge < -0.3 is 29.0 Å². The second-order valence-electron chi connectivity index (χ2n) is 7.84. The average molecular weight is 540 g/mol. The third-order valence-corrected chi connectivity index (χ3v) is 5.47. The normalized spacial score (nSPS) is 23.0. The van der Waals surface area contributed by atoms with Crippen molar-refractivity contribution in [3.05, 3.63) is 28.5 Å². The van der Waals surface area contributed by atoms with E-state index in [1.807, 2.05) is 0 Å². The van der Waals surface area contributed by atoms with Gasteiger partial charge in [-0.05, 0) is 0 Å². The first-order chi connectivity index (χ1) is 17.5. The lowest BCUT2D eigenvalue weighted by Gasteiger charge is -2.44. The van der Waals surface area contributed by atoms with Crippen molar-refractivity contribution in [2.75, 3.05) is 6.61 Å². The molecule has 0 unspecified atom stereocenters. The van der Waals surface area contributed by atoms with Gasteiger partial charge in [0.1, 0.15) is 24.1 Å². The van der Waals surface area contributed by atoms with Gasteiger partial charge >= 0.3 is 23.9 Å². The summed E-state index contributed by atoms with van der Waals surface area (Å²) in [6, 6.07) is 0. The van der Waals surface area contributed by atoms with E-state index >= 15 is 0 Å². The first kappa shape index (κ1) is 27.7. The van der Waals surface area contributed by atoms with Gasteiger partial charge in [-0.3, -0.25) is 24.0 Å². The Kier molecular flexibility index (Phi) is 9.24. The molecule has 2 aromatic heterocycles. The molecule has 37 heavy (non-hydrogen) atoms. The number of aromatic nitrogens is 4. The number of hydrogen-bond donors (Lipinski definition) is 1. The first-order valence-electron chi connectivity index (χ1n) is 10.9. The second kappa shape index (κ2) is 12.4. The molecule has 1 fully saturated rings. The van der Waals surface area contributed by atoms with E-state index < -0.39 is 60.4 Å². The van der Waals surface area contributed by atoms with E-state index in [0.29, 0.717) is 5.69 Å². The van der Waals surface area contributed by atoms with Gasteiger partial charge in [0.15, 0.2) is 24.5 Å². The lowest BCUT2D eigenvalue weighted by Crippen LogP contribution is -2.60. The van der Waals surface area contributed by atoms with Crippen LogP contribution in [0.2, 0.25) is 0 Å². The fourth-order valence-electron chi connectivity index (χ4n) is 3.52. The molecule has 16 heteroatoms. The van der Waals surface area contributed by atoms with Crippen LogP contribution in [-0.4, -0.2) is 80.8 Å². The van der Waals surface area contributed by atoms with Crippen molar-refractivity contribution in [2.24, 2.45) is 0 Å². The summed E-state index contributed by atoms with van der Waals surface area (Å²) in [6.45, 7) is 4.18. The summed E-state index contributed by atoms with van der Waals surface area (Å²) in [5.41, 5.74) is 2.09. The summed E-state index contributed by atoms with van der Waals surface area (Å²) in [6.07, 6.45) is -4.92. The van der Waals surface area contributed by atoms with Crippen molar-refractivity contribution < 1.29 is 47.7 Å². The molecule has 0 aromatic carbocycles. The van der Waals surface area contributed by atoms with Gasteiger partial charge in [-0.2, -0.15) is 0 Å². The third kappa shape index (κ3) is 7.53. The van der Waals surface area contributed by atoms with Crippen LogP contribution in [0.4, 0.5) is 0 Å². The molecule has 0 spiro atoms. The van der Waals surface area contributed by atoms with E-state index in [9.17, 15) is 24.0 Å². The molecule has 1 aliphatic rings. The van der Waals surface area contributed by atoms with Crippen LogP contribution in [0, 0.1) is 0 Å². The number of ether oxygens (including phenoxy) is 5.